The number of nitrogens with zero attached hydrogens (tertiary/aromatic N) is 2. The number of ketones is 1. The van der Waals surface area contributed by atoms with Gasteiger partial charge in [-0.3, -0.25) is 4.79 Å². The standard InChI is InChI=1S/C31H34Cl2N2O/c1-34(2)30-9-5-7-28(30)26-17-13-23(32)19-21(26)11-15-25(36)16-12-22-20-24(33)14-18-27(22)29-8-6-10-31(29)35(3)4/h5-10,13-14,17-20,28-29H,11-12,15-16H2,1-4H3. The van der Waals surface area contributed by atoms with Gasteiger partial charge in [0.2, 0.25) is 0 Å². The Morgan fingerprint density at radius 1 is 0.722 bits per heavy atom. The van der Waals surface area contributed by atoms with Crippen molar-refractivity contribution >= 4 is 29.0 Å². The largest absolute Gasteiger partial charge is 0.380 e. The van der Waals surface area contributed by atoms with E-state index in [1.807, 2.05) is 24.3 Å². The van der Waals surface area contributed by atoms with Crippen molar-refractivity contribution < 1.29 is 4.79 Å². The maximum absolute atomic E-state index is 13.0. The average Bonchev–Trinajstić information content (AvgIpc) is 3.52. The molecule has 0 heterocycles. The Kier molecular flexibility index (Phi) is 8.43. The summed E-state index contributed by atoms with van der Waals surface area (Å²) in [5, 5.41) is 1.41. The molecule has 0 radical (unpaired) electrons. The second-order valence-corrected chi connectivity index (χ2v) is 10.8. The first-order chi connectivity index (χ1) is 17.2. The summed E-state index contributed by atoms with van der Waals surface area (Å²) in [7, 11) is 8.25. The van der Waals surface area contributed by atoms with Gasteiger partial charge in [0.05, 0.1) is 0 Å². The number of halogens is 2. The van der Waals surface area contributed by atoms with Crippen LogP contribution in [0.5, 0.6) is 0 Å². The van der Waals surface area contributed by atoms with Crippen LogP contribution < -0.4 is 0 Å². The molecule has 2 aliphatic carbocycles. The maximum atomic E-state index is 13.0. The molecule has 0 fully saturated rings. The predicted octanol–water partition coefficient (Wildman–Crippen LogP) is 7.33. The van der Waals surface area contributed by atoms with Crippen molar-refractivity contribution in [1.82, 2.24) is 9.80 Å². The van der Waals surface area contributed by atoms with Gasteiger partial charge in [-0.2, -0.15) is 0 Å². The van der Waals surface area contributed by atoms with Crippen LogP contribution in [0.25, 0.3) is 0 Å². The number of rotatable bonds is 10. The van der Waals surface area contributed by atoms with E-state index in [4.69, 9.17) is 23.2 Å². The molecule has 5 heteroatoms. The number of carbonyl (C=O) groups is 1. The van der Waals surface area contributed by atoms with Crippen LogP contribution in [0.1, 0.15) is 46.9 Å². The van der Waals surface area contributed by atoms with Gasteiger partial charge in [-0.15, -0.1) is 0 Å². The highest BCUT2D eigenvalue weighted by Crippen LogP contribution is 2.36. The Morgan fingerprint density at radius 3 is 1.53 bits per heavy atom. The number of Topliss-reactive ketones (excluding diaryl/α,β-unsaturated/α-hetero) is 1. The van der Waals surface area contributed by atoms with E-state index in [-0.39, 0.29) is 17.6 Å². The Morgan fingerprint density at radius 2 is 1.14 bits per heavy atom. The molecule has 2 atom stereocenters. The quantitative estimate of drug-likeness (QED) is 0.327. The molecule has 2 aliphatic rings. The van der Waals surface area contributed by atoms with Crippen molar-refractivity contribution in [3.8, 4) is 0 Å². The normalized spacial score (nSPS) is 18.4. The van der Waals surface area contributed by atoms with E-state index >= 15 is 0 Å². The minimum absolute atomic E-state index is 0.190. The summed E-state index contributed by atoms with van der Waals surface area (Å²) in [6, 6.07) is 12.1. The van der Waals surface area contributed by atoms with E-state index in [1.54, 1.807) is 0 Å². The van der Waals surface area contributed by atoms with E-state index in [0.29, 0.717) is 35.7 Å². The fraction of sp³-hybridized carbons (Fsp3) is 0.323. The molecule has 188 valence electrons. The molecule has 0 spiro atoms. The van der Waals surface area contributed by atoms with E-state index in [9.17, 15) is 4.79 Å². The van der Waals surface area contributed by atoms with Gasteiger partial charge < -0.3 is 9.80 Å². The van der Waals surface area contributed by atoms with Crippen LogP contribution in [0.2, 0.25) is 10.0 Å². The highest BCUT2D eigenvalue weighted by Gasteiger charge is 2.23. The first-order valence-electron chi connectivity index (χ1n) is 12.4. The minimum atomic E-state index is 0.190. The van der Waals surface area contributed by atoms with Crippen molar-refractivity contribution in [3.63, 3.8) is 0 Å². The third-order valence-electron chi connectivity index (χ3n) is 7.04. The Balaban J connectivity index is 1.44. The molecule has 0 N–H and O–H groups in total. The van der Waals surface area contributed by atoms with Gasteiger partial charge in [0.15, 0.2) is 0 Å². The summed E-state index contributed by atoms with van der Waals surface area (Å²) in [6.45, 7) is 0. The van der Waals surface area contributed by atoms with Gasteiger partial charge in [-0.05, 0) is 71.5 Å². The van der Waals surface area contributed by atoms with Gasteiger partial charge >= 0.3 is 0 Å². The lowest BCUT2D eigenvalue weighted by atomic mass is 9.89. The van der Waals surface area contributed by atoms with Crippen molar-refractivity contribution in [2.24, 2.45) is 0 Å². The molecule has 0 aliphatic heterocycles. The topological polar surface area (TPSA) is 23.6 Å². The van der Waals surface area contributed by atoms with Crippen LogP contribution in [0, 0.1) is 0 Å². The third-order valence-corrected chi connectivity index (χ3v) is 7.51. The zero-order chi connectivity index (χ0) is 25.8. The Labute approximate surface area is 225 Å². The lowest BCUT2D eigenvalue weighted by molar-refractivity contribution is -0.119. The first kappa shape index (κ1) is 26.3. The SMILES string of the molecule is CN(C)C1=CC=CC1c1ccc(Cl)cc1CCC(=O)CCc1cc(Cl)ccc1C1C=CC=C1N(C)C. The molecule has 0 saturated carbocycles. The van der Waals surface area contributed by atoms with Gasteiger partial charge in [0.1, 0.15) is 5.78 Å². The summed E-state index contributed by atoms with van der Waals surface area (Å²) in [5.74, 6) is 0.632. The van der Waals surface area contributed by atoms with Gasteiger partial charge in [0.25, 0.3) is 0 Å². The number of hydrogen-bond acceptors (Lipinski definition) is 3. The molecular weight excluding hydrogens is 487 g/mol. The van der Waals surface area contributed by atoms with E-state index < -0.39 is 0 Å². The zero-order valence-corrected chi connectivity index (χ0v) is 23.0. The highest BCUT2D eigenvalue weighted by molar-refractivity contribution is 6.31. The molecule has 2 aromatic rings. The summed E-state index contributed by atoms with van der Waals surface area (Å²) < 4.78 is 0. The monoisotopic (exact) mass is 520 g/mol. The van der Waals surface area contributed by atoms with Crippen LogP contribution in [-0.2, 0) is 17.6 Å². The van der Waals surface area contributed by atoms with E-state index in [1.165, 1.54) is 22.5 Å². The van der Waals surface area contributed by atoms with Crippen LogP contribution in [0.3, 0.4) is 0 Å². The number of carbonyl (C=O) groups excluding carboxylic acids is 1. The Hall–Kier alpha value is -2.75. The first-order valence-corrected chi connectivity index (χ1v) is 13.2. The second kappa shape index (κ2) is 11.5. The van der Waals surface area contributed by atoms with Gasteiger partial charge in [0, 0.05) is 74.3 Å². The molecule has 36 heavy (non-hydrogen) atoms. The lowest BCUT2D eigenvalue weighted by Gasteiger charge is -2.24. The summed E-state index contributed by atoms with van der Waals surface area (Å²) in [4.78, 5) is 17.3. The molecule has 0 bridgehead atoms. The number of benzene rings is 2. The number of hydrogen-bond donors (Lipinski definition) is 0. The molecular formula is C31H34Cl2N2O. The Bertz CT molecular complexity index is 1160. The van der Waals surface area contributed by atoms with Crippen molar-refractivity contribution in [2.75, 3.05) is 28.2 Å². The van der Waals surface area contributed by atoms with E-state index in [0.717, 1.165) is 11.1 Å². The van der Waals surface area contributed by atoms with Crippen LogP contribution in [0.15, 0.2) is 84.2 Å². The summed E-state index contributed by atoms with van der Waals surface area (Å²) in [5.41, 5.74) is 7.19. The lowest BCUT2D eigenvalue weighted by Crippen LogP contribution is -2.17. The van der Waals surface area contributed by atoms with Crippen LogP contribution in [-0.4, -0.2) is 43.8 Å². The van der Waals surface area contributed by atoms with Gasteiger partial charge in [-0.1, -0.05) is 59.6 Å². The molecule has 0 saturated heterocycles. The third kappa shape index (κ3) is 5.96. The maximum Gasteiger partial charge on any atom is 0.133 e. The second-order valence-electron chi connectivity index (χ2n) is 9.92. The average molecular weight is 522 g/mol. The number of aryl methyl sites for hydroxylation is 2. The van der Waals surface area contributed by atoms with E-state index in [2.05, 4.69) is 86.6 Å². The fourth-order valence-electron chi connectivity index (χ4n) is 5.18. The summed E-state index contributed by atoms with van der Waals surface area (Å²) in [6.07, 6.45) is 15.3. The molecule has 0 aromatic heterocycles. The highest BCUT2D eigenvalue weighted by atomic mass is 35.5. The fourth-order valence-corrected chi connectivity index (χ4v) is 5.57. The minimum Gasteiger partial charge on any atom is -0.380 e. The molecule has 4 rings (SSSR count). The van der Waals surface area contributed by atoms with Gasteiger partial charge in [-0.25, -0.2) is 0 Å². The van der Waals surface area contributed by atoms with Crippen molar-refractivity contribution in [3.05, 3.63) is 117 Å². The predicted molar refractivity (Wildman–Crippen MR) is 152 cm³/mol. The number of likely N-dealkylation sites (N-methyl/N-ethyl adjacent to an activating group) is 2. The summed E-state index contributed by atoms with van der Waals surface area (Å²) >= 11 is 12.7. The molecule has 2 aromatic carbocycles. The molecule has 2 unspecified atom stereocenters. The van der Waals surface area contributed by atoms with Crippen molar-refractivity contribution in [1.29, 1.82) is 0 Å². The zero-order valence-electron chi connectivity index (χ0n) is 21.5. The van der Waals surface area contributed by atoms with Crippen LogP contribution >= 0.6 is 23.2 Å². The van der Waals surface area contributed by atoms with Crippen LogP contribution in [0.4, 0.5) is 0 Å². The smallest absolute Gasteiger partial charge is 0.133 e. The van der Waals surface area contributed by atoms with Crippen molar-refractivity contribution in [2.45, 2.75) is 37.5 Å². The molecule has 3 nitrogen and oxygen atoms in total. The molecule has 0 amide bonds. The number of allylic oxidation sites excluding steroid dienone is 6.